The predicted octanol–water partition coefficient (Wildman–Crippen LogP) is 3.25. The standard InChI is InChI=1S/C15H18F3N5O/c1-4-5-6-14(22-23-14)7-8-19-13(24)11-10(9(2)3)12(21-20-11)15(16,17)18/h1,9H,5-8H2,2-3H3,(H,19,24)(H,20,21). The fraction of sp³-hybridized carbons (Fsp3) is 0.600. The van der Waals surface area contributed by atoms with E-state index in [4.69, 9.17) is 6.42 Å². The van der Waals surface area contributed by atoms with Crippen LogP contribution in [0.25, 0.3) is 0 Å². The van der Waals surface area contributed by atoms with E-state index in [9.17, 15) is 18.0 Å². The van der Waals surface area contributed by atoms with Crippen LogP contribution in [0.2, 0.25) is 0 Å². The Hall–Kier alpha value is -2.37. The highest BCUT2D eigenvalue weighted by atomic mass is 19.4. The summed E-state index contributed by atoms with van der Waals surface area (Å²) in [7, 11) is 0. The second-order valence-electron chi connectivity index (χ2n) is 5.91. The fourth-order valence-electron chi connectivity index (χ4n) is 2.43. The predicted molar refractivity (Wildman–Crippen MR) is 80.3 cm³/mol. The number of aromatic nitrogens is 2. The number of nitrogens with one attached hydrogen (secondary N) is 2. The third-order valence-electron chi connectivity index (χ3n) is 3.74. The van der Waals surface area contributed by atoms with Gasteiger partial charge in [-0.2, -0.15) is 28.5 Å². The maximum atomic E-state index is 13.0. The highest BCUT2D eigenvalue weighted by Crippen LogP contribution is 2.37. The maximum Gasteiger partial charge on any atom is 0.433 e. The number of halogens is 3. The Morgan fingerprint density at radius 2 is 2.04 bits per heavy atom. The van der Waals surface area contributed by atoms with Crippen molar-refractivity contribution in [3.05, 3.63) is 17.0 Å². The van der Waals surface area contributed by atoms with Crippen LogP contribution in [0.15, 0.2) is 10.2 Å². The summed E-state index contributed by atoms with van der Waals surface area (Å²) in [5.41, 5.74) is -1.91. The molecule has 130 valence electrons. The Bertz CT molecular complexity index is 678. The van der Waals surface area contributed by atoms with E-state index in [1.165, 1.54) is 0 Å². The zero-order valence-corrected chi connectivity index (χ0v) is 13.4. The topological polar surface area (TPSA) is 82.5 Å². The smallest absolute Gasteiger partial charge is 0.350 e. The van der Waals surface area contributed by atoms with Crippen LogP contribution in [0, 0.1) is 12.3 Å². The van der Waals surface area contributed by atoms with Gasteiger partial charge in [0.1, 0.15) is 5.69 Å². The van der Waals surface area contributed by atoms with E-state index in [1.54, 1.807) is 13.8 Å². The van der Waals surface area contributed by atoms with Gasteiger partial charge in [-0.1, -0.05) is 13.8 Å². The SMILES string of the molecule is C#CCCC1(CCNC(=O)c2n[nH]c(C(F)(F)F)c2C(C)C)N=N1. The average molecular weight is 341 g/mol. The number of terminal acetylenes is 1. The molecule has 0 aliphatic carbocycles. The molecule has 2 heterocycles. The Morgan fingerprint density at radius 1 is 1.38 bits per heavy atom. The summed E-state index contributed by atoms with van der Waals surface area (Å²) >= 11 is 0. The fourth-order valence-corrected chi connectivity index (χ4v) is 2.43. The van der Waals surface area contributed by atoms with Crippen LogP contribution in [0.1, 0.15) is 60.8 Å². The second kappa shape index (κ2) is 6.63. The number of hydrogen-bond acceptors (Lipinski definition) is 4. The molecule has 24 heavy (non-hydrogen) atoms. The number of nitrogens with zero attached hydrogens (tertiary/aromatic N) is 3. The number of carbonyl (C=O) groups excluding carboxylic acids is 1. The van der Waals surface area contributed by atoms with E-state index >= 15 is 0 Å². The summed E-state index contributed by atoms with van der Waals surface area (Å²) in [5.74, 6) is 1.34. The highest BCUT2D eigenvalue weighted by molar-refractivity contribution is 5.94. The molecule has 0 bridgehead atoms. The molecule has 1 amide bonds. The zero-order chi connectivity index (χ0) is 18.0. The van der Waals surface area contributed by atoms with Gasteiger partial charge in [0.2, 0.25) is 0 Å². The number of H-pyrrole nitrogens is 1. The van der Waals surface area contributed by atoms with Gasteiger partial charge in [-0.3, -0.25) is 9.89 Å². The van der Waals surface area contributed by atoms with Crippen molar-refractivity contribution in [1.29, 1.82) is 0 Å². The first-order valence-corrected chi connectivity index (χ1v) is 7.51. The van der Waals surface area contributed by atoms with Gasteiger partial charge in [0, 0.05) is 31.4 Å². The third-order valence-corrected chi connectivity index (χ3v) is 3.74. The number of aromatic amines is 1. The van der Waals surface area contributed by atoms with Gasteiger partial charge in [-0.25, -0.2) is 0 Å². The monoisotopic (exact) mass is 341 g/mol. The number of hydrogen-bond donors (Lipinski definition) is 2. The normalized spacial score (nSPS) is 15.4. The molecular weight excluding hydrogens is 323 g/mol. The summed E-state index contributed by atoms with van der Waals surface area (Å²) in [6, 6.07) is 0. The first-order valence-electron chi connectivity index (χ1n) is 7.51. The Morgan fingerprint density at radius 3 is 2.54 bits per heavy atom. The minimum atomic E-state index is -4.59. The lowest BCUT2D eigenvalue weighted by Crippen LogP contribution is -2.29. The Kier molecular flexibility index (Phi) is 4.96. The van der Waals surface area contributed by atoms with Crippen LogP contribution in [0.4, 0.5) is 13.2 Å². The van der Waals surface area contributed by atoms with E-state index in [1.807, 2.05) is 5.10 Å². The first-order chi connectivity index (χ1) is 11.2. The molecule has 9 heteroatoms. The summed E-state index contributed by atoms with van der Waals surface area (Å²) in [5, 5.41) is 15.9. The molecular formula is C15H18F3N5O. The van der Waals surface area contributed by atoms with Gasteiger partial charge in [0.15, 0.2) is 11.4 Å². The largest absolute Gasteiger partial charge is 0.433 e. The summed E-state index contributed by atoms with van der Waals surface area (Å²) in [6.45, 7) is 3.38. The molecule has 0 saturated heterocycles. The van der Waals surface area contributed by atoms with Gasteiger partial charge in [0.05, 0.1) is 0 Å². The van der Waals surface area contributed by atoms with Gasteiger partial charge in [-0.15, -0.1) is 12.3 Å². The number of alkyl halides is 3. The molecule has 0 radical (unpaired) electrons. The van der Waals surface area contributed by atoms with Crippen LogP contribution in [0.5, 0.6) is 0 Å². The van der Waals surface area contributed by atoms with E-state index in [0.29, 0.717) is 19.3 Å². The lowest BCUT2D eigenvalue weighted by molar-refractivity contribution is -0.141. The third kappa shape index (κ3) is 3.93. The van der Waals surface area contributed by atoms with E-state index < -0.39 is 29.4 Å². The van der Waals surface area contributed by atoms with E-state index in [0.717, 1.165) is 0 Å². The number of amides is 1. The molecule has 0 atom stereocenters. The van der Waals surface area contributed by atoms with Crippen molar-refractivity contribution in [1.82, 2.24) is 15.5 Å². The van der Waals surface area contributed by atoms with Crippen molar-refractivity contribution < 1.29 is 18.0 Å². The van der Waals surface area contributed by atoms with Crippen LogP contribution in [-0.4, -0.2) is 28.3 Å². The first kappa shape index (κ1) is 18.0. The van der Waals surface area contributed by atoms with Crippen molar-refractivity contribution in [2.24, 2.45) is 10.2 Å². The van der Waals surface area contributed by atoms with Crippen molar-refractivity contribution in [3.8, 4) is 12.3 Å². The molecule has 0 spiro atoms. The maximum absolute atomic E-state index is 13.0. The average Bonchev–Trinajstić information content (AvgIpc) is 3.09. The highest BCUT2D eigenvalue weighted by Gasteiger charge is 2.40. The zero-order valence-electron chi connectivity index (χ0n) is 13.4. The molecule has 2 N–H and O–H groups in total. The molecule has 1 aromatic heterocycles. The minimum Gasteiger partial charge on any atom is -0.350 e. The lowest BCUT2D eigenvalue weighted by Gasteiger charge is -2.12. The molecule has 1 aromatic rings. The number of rotatable bonds is 7. The summed E-state index contributed by atoms with van der Waals surface area (Å²) < 4.78 is 38.9. The second-order valence-corrected chi connectivity index (χ2v) is 5.91. The van der Waals surface area contributed by atoms with Crippen molar-refractivity contribution in [2.75, 3.05) is 6.54 Å². The van der Waals surface area contributed by atoms with Crippen molar-refractivity contribution >= 4 is 5.91 Å². The van der Waals surface area contributed by atoms with E-state index in [-0.39, 0.29) is 17.8 Å². The molecule has 6 nitrogen and oxygen atoms in total. The van der Waals surface area contributed by atoms with Crippen LogP contribution in [-0.2, 0) is 6.18 Å². The molecule has 1 aliphatic heterocycles. The number of carbonyl (C=O) groups is 1. The summed E-state index contributed by atoms with van der Waals surface area (Å²) in [6.07, 6.45) is 2.17. The van der Waals surface area contributed by atoms with Crippen LogP contribution >= 0.6 is 0 Å². The van der Waals surface area contributed by atoms with Gasteiger partial charge in [0.25, 0.3) is 5.91 Å². The molecule has 0 saturated carbocycles. The van der Waals surface area contributed by atoms with Crippen LogP contribution < -0.4 is 5.32 Å². The van der Waals surface area contributed by atoms with Gasteiger partial charge in [-0.05, 0) is 5.92 Å². The van der Waals surface area contributed by atoms with Crippen molar-refractivity contribution in [2.45, 2.75) is 50.9 Å². The molecule has 0 aromatic carbocycles. The lowest BCUT2D eigenvalue weighted by atomic mass is 9.99. The summed E-state index contributed by atoms with van der Waals surface area (Å²) in [4.78, 5) is 12.2. The van der Waals surface area contributed by atoms with E-state index in [2.05, 4.69) is 26.6 Å². The molecule has 0 unspecified atom stereocenters. The minimum absolute atomic E-state index is 0.136. The van der Waals surface area contributed by atoms with Crippen molar-refractivity contribution in [3.63, 3.8) is 0 Å². The molecule has 2 rings (SSSR count). The molecule has 0 fully saturated rings. The van der Waals surface area contributed by atoms with Crippen LogP contribution in [0.3, 0.4) is 0 Å². The Balaban J connectivity index is 2.01. The molecule has 1 aliphatic rings. The quantitative estimate of drug-likeness (QED) is 0.746. The van der Waals surface area contributed by atoms with Gasteiger partial charge >= 0.3 is 6.18 Å². The van der Waals surface area contributed by atoms with Gasteiger partial charge < -0.3 is 5.32 Å². The Labute approximate surface area is 137 Å².